The summed E-state index contributed by atoms with van der Waals surface area (Å²) in [5.74, 6) is 0.331. The number of aryl methyl sites for hydroxylation is 1. The third kappa shape index (κ3) is 2.64. The standard InChI is InChI=1S/C12H16ClNO2S/c1-10-3-5-11(6-4-10)17(15,16)14-12(9-13)7-2-8-12/h3-6,14H,2,7-9H2,1H3. The number of rotatable bonds is 4. The lowest BCUT2D eigenvalue weighted by atomic mass is 9.79. The molecule has 0 amide bonds. The molecule has 1 aliphatic rings. The quantitative estimate of drug-likeness (QED) is 0.857. The number of nitrogens with one attached hydrogen (secondary N) is 1. The first-order valence-corrected chi connectivity index (χ1v) is 7.66. The molecule has 1 saturated carbocycles. The predicted molar refractivity (Wildman–Crippen MR) is 68.8 cm³/mol. The Morgan fingerprint density at radius 3 is 2.29 bits per heavy atom. The number of sulfonamides is 1. The molecule has 1 fully saturated rings. The van der Waals surface area contributed by atoms with Crippen LogP contribution in [-0.2, 0) is 10.0 Å². The van der Waals surface area contributed by atoms with Crippen molar-refractivity contribution in [1.82, 2.24) is 4.72 Å². The summed E-state index contributed by atoms with van der Waals surface area (Å²) < 4.78 is 27.0. The first-order valence-electron chi connectivity index (χ1n) is 5.64. The summed E-state index contributed by atoms with van der Waals surface area (Å²) in [7, 11) is -3.44. The molecule has 1 N–H and O–H groups in total. The third-order valence-corrected chi connectivity index (χ3v) is 5.35. The molecular weight excluding hydrogens is 258 g/mol. The molecule has 0 spiro atoms. The van der Waals surface area contributed by atoms with E-state index >= 15 is 0 Å². The number of hydrogen-bond donors (Lipinski definition) is 1. The molecule has 3 nitrogen and oxygen atoms in total. The topological polar surface area (TPSA) is 46.2 Å². The highest BCUT2D eigenvalue weighted by Gasteiger charge is 2.39. The van der Waals surface area contributed by atoms with E-state index < -0.39 is 15.6 Å². The van der Waals surface area contributed by atoms with E-state index in [2.05, 4.69) is 4.72 Å². The minimum atomic E-state index is -3.44. The van der Waals surface area contributed by atoms with Crippen molar-refractivity contribution >= 4 is 21.6 Å². The van der Waals surface area contributed by atoms with Crippen LogP contribution in [0.2, 0.25) is 0 Å². The summed E-state index contributed by atoms with van der Waals surface area (Å²) in [4.78, 5) is 0.305. The summed E-state index contributed by atoms with van der Waals surface area (Å²) in [6.45, 7) is 1.93. The maximum Gasteiger partial charge on any atom is 0.241 e. The van der Waals surface area contributed by atoms with E-state index in [0.717, 1.165) is 24.8 Å². The second-order valence-corrected chi connectivity index (χ2v) is 6.64. The van der Waals surface area contributed by atoms with Crippen LogP contribution < -0.4 is 4.72 Å². The van der Waals surface area contributed by atoms with Crippen molar-refractivity contribution in [2.45, 2.75) is 36.6 Å². The molecule has 1 aromatic carbocycles. The van der Waals surface area contributed by atoms with Gasteiger partial charge in [0.05, 0.1) is 4.90 Å². The Morgan fingerprint density at radius 1 is 1.29 bits per heavy atom. The van der Waals surface area contributed by atoms with Gasteiger partial charge in [0.1, 0.15) is 0 Å². The van der Waals surface area contributed by atoms with Gasteiger partial charge in [0, 0.05) is 11.4 Å². The molecule has 0 unspecified atom stereocenters. The van der Waals surface area contributed by atoms with Crippen LogP contribution in [0.15, 0.2) is 29.2 Å². The number of alkyl halides is 1. The van der Waals surface area contributed by atoms with E-state index in [1.807, 2.05) is 6.92 Å². The van der Waals surface area contributed by atoms with E-state index in [1.54, 1.807) is 24.3 Å². The number of halogens is 1. The fraction of sp³-hybridized carbons (Fsp3) is 0.500. The Balaban J connectivity index is 2.22. The minimum Gasteiger partial charge on any atom is -0.207 e. The molecule has 0 heterocycles. The van der Waals surface area contributed by atoms with Gasteiger partial charge in [-0.3, -0.25) is 0 Å². The minimum absolute atomic E-state index is 0.305. The van der Waals surface area contributed by atoms with E-state index in [-0.39, 0.29) is 0 Å². The largest absolute Gasteiger partial charge is 0.241 e. The highest BCUT2D eigenvalue weighted by Crippen LogP contribution is 2.34. The molecule has 0 aromatic heterocycles. The predicted octanol–water partition coefficient (Wildman–Crippen LogP) is 2.43. The Labute approximate surface area is 107 Å². The van der Waals surface area contributed by atoms with Gasteiger partial charge < -0.3 is 0 Å². The summed E-state index contributed by atoms with van der Waals surface area (Å²) in [5, 5.41) is 0. The van der Waals surface area contributed by atoms with Crippen molar-refractivity contribution in [2.75, 3.05) is 5.88 Å². The Kier molecular flexibility index (Phi) is 3.48. The van der Waals surface area contributed by atoms with Gasteiger partial charge in [-0.15, -0.1) is 11.6 Å². The fourth-order valence-electron chi connectivity index (χ4n) is 1.93. The maximum atomic E-state index is 12.1. The van der Waals surface area contributed by atoms with Crippen LogP contribution in [0.3, 0.4) is 0 Å². The van der Waals surface area contributed by atoms with E-state index in [1.165, 1.54) is 0 Å². The van der Waals surface area contributed by atoms with E-state index in [4.69, 9.17) is 11.6 Å². The summed E-state index contributed by atoms with van der Waals surface area (Å²) in [6, 6.07) is 6.84. The summed E-state index contributed by atoms with van der Waals surface area (Å²) in [5.41, 5.74) is 0.616. The molecule has 1 aliphatic carbocycles. The van der Waals surface area contributed by atoms with E-state index in [0.29, 0.717) is 10.8 Å². The van der Waals surface area contributed by atoms with Crippen LogP contribution >= 0.6 is 11.6 Å². The Hall–Kier alpha value is -0.580. The van der Waals surface area contributed by atoms with Crippen LogP contribution in [0.4, 0.5) is 0 Å². The van der Waals surface area contributed by atoms with Gasteiger partial charge in [0.2, 0.25) is 10.0 Å². The molecule has 0 saturated heterocycles. The molecule has 0 atom stereocenters. The fourth-order valence-corrected chi connectivity index (χ4v) is 3.80. The normalized spacial score (nSPS) is 18.7. The monoisotopic (exact) mass is 273 g/mol. The molecule has 0 radical (unpaired) electrons. The molecule has 1 aromatic rings. The van der Waals surface area contributed by atoms with Crippen molar-refractivity contribution < 1.29 is 8.42 Å². The van der Waals surface area contributed by atoms with Gasteiger partial charge in [0.15, 0.2) is 0 Å². The van der Waals surface area contributed by atoms with Crippen molar-refractivity contribution in [3.8, 4) is 0 Å². The third-order valence-electron chi connectivity index (χ3n) is 3.25. The zero-order chi connectivity index (χ0) is 12.5. The lowest BCUT2D eigenvalue weighted by molar-refractivity contribution is 0.252. The molecule has 5 heteroatoms. The molecule has 0 bridgehead atoms. The average Bonchev–Trinajstić information content (AvgIpc) is 2.24. The van der Waals surface area contributed by atoms with Crippen LogP contribution in [0.1, 0.15) is 24.8 Å². The van der Waals surface area contributed by atoms with Gasteiger partial charge in [-0.25, -0.2) is 13.1 Å². The van der Waals surface area contributed by atoms with Crippen molar-refractivity contribution in [3.05, 3.63) is 29.8 Å². The second kappa shape index (κ2) is 4.59. The molecular formula is C12H16ClNO2S. The molecule has 94 valence electrons. The molecule has 0 aliphatic heterocycles. The molecule has 2 rings (SSSR count). The van der Waals surface area contributed by atoms with Crippen LogP contribution in [0.25, 0.3) is 0 Å². The first kappa shape index (κ1) is 12.9. The van der Waals surface area contributed by atoms with Crippen molar-refractivity contribution in [3.63, 3.8) is 0 Å². The van der Waals surface area contributed by atoms with Gasteiger partial charge in [0.25, 0.3) is 0 Å². The summed E-state index contributed by atoms with van der Waals surface area (Å²) in [6.07, 6.45) is 2.67. The summed E-state index contributed by atoms with van der Waals surface area (Å²) >= 11 is 5.85. The Bertz CT molecular complexity index is 486. The Morgan fingerprint density at radius 2 is 1.88 bits per heavy atom. The van der Waals surface area contributed by atoms with Gasteiger partial charge in [-0.1, -0.05) is 17.7 Å². The maximum absolute atomic E-state index is 12.1. The highest BCUT2D eigenvalue weighted by molar-refractivity contribution is 7.89. The van der Waals surface area contributed by atoms with Crippen LogP contribution in [0, 0.1) is 6.92 Å². The highest BCUT2D eigenvalue weighted by atomic mass is 35.5. The van der Waals surface area contributed by atoms with Gasteiger partial charge in [-0.05, 0) is 38.3 Å². The van der Waals surface area contributed by atoms with Gasteiger partial charge in [-0.2, -0.15) is 0 Å². The SMILES string of the molecule is Cc1ccc(S(=O)(=O)NC2(CCl)CCC2)cc1. The van der Waals surface area contributed by atoms with E-state index in [9.17, 15) is 8.42 Å². The number of hydrogen-bond acceptors (Lipinski definition) is 2. The first-order chi connectivity index (χ1) is 7.97. The van der Waals surface area contributed by atoms with Crippen LogP contribution in [-0.4, -0.2) is 19.8 Å². The second-order valence-electron chi connectivity index (χ2n) is 4.69. The zero-order valence-corrected chi connectivity index (χ0v) is 11.3. The average molecular weight is 274 g/mol. The smallest absolute Gasteiger partial charge is 0.207 e. The lowest BCUT2D eigenvalue weighted by Crippen LogP contribution is -2.54. The van der Waals surface area contributed by atoms with Crippen LogP contribution in [0.5, 0.6) is 0 Å². The van der Waals surface area contributed by atoms with Crippen molar-refractivity contribution in [2.24, 2.45) is 0 Å². The van der Waals surface area contributed by atoms with Gasteiger partial charge >= 0.3 is 0 Å². The molecule has 17 heavy (non-hydrogen) atoms. The van der Waals surface area contributed by atoms with Crippen molar-refractivity contribution in [1.29, 1.82) is 0 Å². The lowest BCUT2D eigenvalue weighted by Gasteiger charge is -2.40. The number of benzene rings is 1. The zero-order valence-electron chi connectivity index (χ0n) is 9.74.